The van der Waals surface area contributed by atoms with Gasteiger partial charge in [0.25, 0.3) is 0 Å². The molecular weight excluding hydrogens is 384 g/mol. The van der Waals surface area contributed by atoms with Crippen LogP contribution in [0.1, 0.15) is 49.2 Å². The maximum absolute atomic E-state index is 12.1. The van der Waals surface area contributed by atoms with Crippen molar-refractivity contribution >= 4 is 21.4 Å². The highest BCUT2D eigenvalue weighted by atomic mass is 35.5. The zero-order chi connectivity index (χ0) is 19.4. The van der Waals surface area contributed by atoms with E-state index in [-0.39, 0.29) is 10.8 Å². The van der Waals surface area contributed by atoms with E-state index in [4.69, 9.17) is 11.6 Å². The Morgan fingerprint density at radius 2 is 1.81 bits per heavy atom. The van der Waals surface area contributed by atoms with Crippen molar-refractivity contribution in [1.29, 1.82) is 0 Å². The van der Waals surface area contributed by atoms with E-state index in [1.807, 2.05) is 12.4 Å². The first kappa shape index (κ1) is 20.2. The van der Waals surface area contributed by atoms with Crippen molar-refractivity contribution < 1.29 is 8.42 Å². The molecule has 0 unspecified atom stereocenters. The molecule has 27 heavy (non-hydrogen) atoms. The molecule has 146 valence electrons. The fourth-order valence-electron chi connectivity index (χ4n) is 3.47. The molecule has 6 nitrogen and oxygen atoms in total. The Kier molecular flexibility index (Phi) is 6.44. The lowest BCUT2D eigenvalue weighted by Gasteiger charge is -2.32. The van der Waals surface area contributed by atoms with Crippen molar-refractivity contribution in [2.75, 3.05) is 19.3 Å². The quantitative estimate of drug-likeness (QED) is 0.730. The Bertz CT molecular complexity index is 879. The molecule has 1 fully saturated rings. The second-order valence-corrected chi connectivity index (χ2v) is 9.54. The van der Waals surface area contributed by atoms with Crippen LogP contribution in [0.15, 0.2) is 29.6 Å². The molecule has 0 N–H and O–H groups in total. The Labute approximate surface area is 165 Å². The smallest absolute Gasteiger partial charge is 0.177 e. The molecule has 0 radical (unpaired) electrons. The van der Waals surface area contributed by atoms with Crippen LogP contribution < -0.4 is 0 Å². The van der Waals surface area contributed by atoms with Crippen LogP contribution in [0.3, 0.4) is 0 Å². The zero-order valence-corrected chi connectivity index (χ0v) is 17.3. The summed E-state index contributed by atoms with van der Waals surface area (Å²) in [7, 11) is -3.35. The summed E-state index contributed by atoms with van der Waals surface area (Å²) in [6, 6.07) is 1.51. The topological polar surface area (TPSA) is 76.1 Å². The number of nitrogens with zero attached hydrogens (tertiary/aromatic N) is 4. The summed E-state index contributed by atoms with van der Waals surface area (Å²) < 4.78 is 24.2. The van der Waals surface area contributed by atoms with Gasteiger partial charge in [0.2, 0.25) is 0 Å². The fourth-order valence-corrected chi connectivity index (χ4v) is 4.64. The van der Waals surface area contributed by atoms with Crippen molar-refractivity contribution in [2.45, 2.75) is 50.0 Å². The van der Waals surface area contributed by atoms with Gasteiger partial charge in [0, 0.05) is 49.3 Å². The predicted octanol–water partition coefficient (Wildman–Crippen LogP) is 3.26. The minimum absolute atomic E-state index is 0.131. The lowest BCUT2D eigenvalue weighted by Crippen LogP contribution is -2.33. The summed E-state index contributed by atoms with van der Waals surface area (Å²) >= 11 is 5.96. The first-order chi connectivity index (χ1) is 12.9. The summed E-state index contributed by atoms with van der Waals surface area (Å²) in [5, 5.41) is 0.350. The Morgan fingerprint density at radius 1 is 1.15 bits per heavy atom. The molecule has 8 heteroatoms. The van der Waals surface area contributed by atoms with Gasteiger partial charge in [-0.1, -0.05) is 18.5 Å². The lowest BCUT2D eigenvalue weighted by atomic mass is 9.93. The van der Waals surface area contributed by atoms with Gasteiger partial charge in [-0.15, -0.1) is 0 Å². The van der Waals surface area contributed by atoms with Crippen LogP contribution in [0.25, 0.3) is 0 Å². The number of hydrogen-bond acceptors (Lipinski definition) is 6. The molecule has 0 spiro atoms. The molecule has 0 amide bonds. The van der Waals surface area contributed by atoms with Gasteiger partial charge < -0.3 is 0 Å². The molecular formula is C19H25ClN4O2S. The van der Waals surface area contributed by atoms with Crippen molar-refractivity contribution in [3.05, 3.63) is 46.8 Å². The van der Waals surface area contributed by atoms with E-state index in [1.165, 1.54) is 18.5 Å². The van der Waals surface area contributed by atoms with Crippen molar-refractivity contribution in [3.8, 4) is 0 Å². The minimum Gasteiger partial charge on any atom is -0.299 e. The summed E-state index contributed by atoms with van der Waals surface area (Å²) in [4.78, 5) is 15.8. The average molecular weight is 409 g/mol. The number of piperidine rings is 1. The van der Waals surface area contributed by atoms with Crippen molar-refractivity contribution in [3.63, 3.8) is 0 Å². The Morgan fingerprint density at radius 3 is 2.41 bits per heavy atom. The maximum Gasteiger partial charge on any atom is 0.177 e. The number of halogens is 1. The third-order valence-corrected chi connectivity index (χ3v) is 6.19. The normalized spacial score (nSPS) is 16.6. The Hall–Kier alpha value is -1.57. The standard InChI is InChI=1S/C19H25ClN4O2S/c1-3-4-18-21-10-14(11-22-18)13-24-7-5-15(6-8-24)19-17(27(2,25)26)9-16(20)12-23-19/h9-12,15H,3-8,13H2,1-2H3. The zero-order valence-electron chi connectivity index (χ0n) is 15.7. The third kappa shape index (κ3) is 5.24. The second kappa shape index (κ2) is 8.63. The van der Waals surface area contributed by atoms with E-state index in [0.717, 1.165) is 56.7 Å². The lowest BCUT2D eigenvalue weighted by molar-refractivity contribution is 0.202. The highest BCUT2D eigenvalue weighted by Gasteiger charge is 2.27. The van der Waals surface area contributed by atoms with E-state index in [9.17, 15) is 8.42 Å². The molecule has 0 aromatic carbocycles. The number of likely N-dealkylation sites (tertiary alicyclic amines) is 1. The van der Waals surface area contributed by atoms with E-state index in [1.54, 1.807) is 0 Å². The summed E-state index contributed by atoms with van der Waals surface area (Å²) in [6.45, 7) is 4.70. The molecule has 2 aromatic rings. The molecule has 1 aliphatic heterocycles. The summed E-state index contributed by atoms with van der Waals surface area (Å²) in [6.07, 6.45) is 10.2. The van der Waals surface area contributed by atoms with Crippen LogP contribution in [0.4, 0.5) is 0 Å². The molecule has 1 saturated heterocycles. The second-order valence-electron chi connectivity index (χ2n) is 7.12. The van der Waals surface area contributed by atoms with E-state index < -0.39 is 9.84 Å². The maximum atomic E-state index is 12.1. The molecule has 0 saturated carbocycles. The molecule has 3 heterocycles. The SMILES string of the molecule is CCCc1ncc(CN2CCC(c3ncc(Cl)cc3S(C)(=O)=O)CC2)cn1. The third-order valence-electron chi connectivity index (χ3n) is 4.86. The highest BCUT2D eigenvalue weighted by Crippen LogP contribution is 2.32. The Balaban J connectivity index is 1.64. The van der Waals surface area contributed by atoms with E-state index in [0.29, 0.717) is 10.7 Å². The van der Waals surface area contributed by atoms with Gasteiger partial charge in [0.05, 0.1) is 15.6 Å². The molecule has 0 aliphatic carbocycles. The van der Waals surface area contributed by atoms with Gasteiger partial charge in [0.1, 0.15) is 5.82 Å². The molecule has 3 rings (SSSR count). The van der Waals surface area contributed by atoms with Gasteiger partial charge in [-0.05, 0) is 38.4 Å². The predicted molar refractivity (Wildman–Crippen MR) is 106 cm³/mol. The van der Waals surface area contributed by atoms with E-state index in [2.05, 4.69) is 26.8 Å². The largest absolute Gasteiger partial charge is 0.299 e. The summed E-state index contributed by atoms with van der Waals surface area (Å²) in [5.74, 6) is 1.02. The monoisotopic (exact) mass is 408 g/mol. The molecule has 0 bridgehead atoms. The number of aromatic nitrogens is 3. The van der Waals surface area contributed by atoms with Gasteiger partial charge in [-0.2, -0.15) is 0 Å². The number of aryl methyl sites for hydroxylation is 1. The van der Waals surface area contributed by atoms with Crippen LogP contribution in [0.2, 0.25) is 5.02 Å². The van der Waals surface area contributed by atoms with Gasteiger partial charge >= 0.3 is 0 Å². The van der Waals surface area contributed by atoms with Crippen LogP contribution in [-0.2, 0) is 22.8 Å². The molecule has 0 atom stereocenters. The molecule has 1 aliphatic rings. The first-order valence-electron chi connectivity index (χ1n) is 9.24. The van der Waals surface area contributed by atoms with Gasteiger partial charge in [0.15, 0.2) is 9.84 Å². The van der Waals surface area contributed by atoms with Crippen LogP contribution in [-0.4, -0.2) is 47.6 Å². The van der Waals surface area contributed by atoms with Crippen molar-refractivity contribution in [2.24, 2.45) is 0 Å². The van der Waals surface area contributed by atoms with Gasteiger partial charge in [-0.3, -0.25) is 9.88 Å². The first-order valence-corrected chi connectivity index (χ1v) is 11.5. The summed E-state index contributed by atoms with van der Waals surface area (Å²) in [5.41, 5.74) is 1.75. The average Bonchev–Trinajstić information content (AvgIpc) is 2.64. The van der Waals surface area contributed by atoms with E-state index >= 15 is 0 Å². The number of rotatable bonds is 6. The van der Waals surface area contributed by atoms with Crippen molar-refractivity contribution in [1.82, 2.24) is 19.9 Å². The number of hydrogen-bond donors (Lipinski definition) is 0. The van der Waals surface area contributed by atoms with Crippen LogP contribution in [0.5, 0.6) is 0 Å². The molecule has 2 aromatic heterocycles. The fraction of sp³-hybridized carbons (Fsp3) is 0.526. The number of sulfone groups is 1. The van der Waals surface area contributed by atoms with Crippen LogP contribution >= 0.6 is 11.6 Å². The highest BCUT2D eigenvalue weighted by molar-refractivity contribution is 7.90. The minimum atomic E-state index is -3.35. The number of pyridine rings is 1. The van der Waals surface area contributed by atoms with Gasteiger partial charge in [-0.25, -0.2) is 18.4 Å². The van der Waals surface area contributed by atoms with Crippen LogP contribution in [0, 0.1) is 0 Å².